The minimum atomic E-state index is 0.228. The van der Waals surface area contributed by atoms with Gasteiger partial charge in [-0.1, -0.05) is 6.08 Å². The molecule has 0 aromatic carbocycles. The van der Waals surface area contributed by atoms with Gasteiger partial charge in [-0.3, -0.25) is 0 Å². The van der Waals surface area contributed by atoms with Crippen molar-refractivity contribution in [1.29, 1.82) is 0 Å². The highest BCUT2D eigenvalue weighted by Gasteiger charge is 2.33. The lowest BCUT2D eigenvalue weighted by Crippen LogP contribution is -2.09. The average Bonchev–Trinajstić information content (AvgIpc) is 3.19. The largest absolute Gasteiger partial charge is 0.457 e. The van der Waals surface area contributed by atoms with E-state index in [0.717, 1.165) is 29.2 Å². The van der Waals surface area contributed by atoms with Crippen LogP contribution in [0.15, 0.2) is 54.3 Å². The van der Waals surface area contributed by atoms with E-state index in [9.17, 15) is 0 Å². The van der Waals surface area contributed by atoms with Gasteiger partial charge in [0, 0.05) is 29.4 Å². The highest BCUT2D eigenvalue weighted by Crippen LogP contribution is 2.43. The van der Waals surface area contributed by atoms with Gasteiger partial charge in [0.1, 0.15) is 0 Å². The Labute approximate surface area is 110 Å². The number of allylic oxidation sites excluding steroid dienone is 3. The molecule has 2 aliphatic rings. The molecule has 0 amide bonds. The van der Waals surface area contributed by atoms with Crippen LogP contribution in [0.1, 0.15) is 23.7 Å². The first-order chi connectivity index (χ1) is 9.43. The summed E-state index contributed by atoms with van der Waals surface area (Å²) in [5.41, 5.74) is 3.34. The molecule has 0 radical (unpaired) electrons. The number of aromatic nitrogens is 2. The van der Waals surface area contributed by atoms with Gasteiger partial charge >= 0.3 is 0 Å². The van der Waals surface area contributed by atoms with E-state index in [2.05, 4.69) is 22.1 Å². The number of nitrogens with one attached hydrogen (secondary N) is 2. The fourth-order valence-electron chi connectivity index (χ4n) is 2.75. The molecule has 4 heteroatoms. The van der Waals surface area contributed by atoms with Crippen molar-refractivity contribution in [3.63, 3.8) is 0 Å². The second-order valence-electron chi connectivity index (χ2n) is 4.72. The summed E-state index contributed by atoms with van der Waals surface area (Å²) in [6.07, 6.45) is 6.99. The van der Waals surface area contributed by atoms with Gasteiger partial charge in [0.05, 0.1) is 5.92 Å². The quantitative estimate of drug-likeness (QED) is 0.865. The summed E-state index contributed by atoms with van der Waals surface area (Å²) in [4.78, 5) is 6.49. The lowest BCUT2D eigenvalue weighted by atomic mass is 9.89. The monoisotopic (exact) mass is 254 g/mol. The fourth-order valence-corrected chi connectivity index (χ4v) is 2.75. The van der Waals surface area contributed by atoms with Crippen LogP contribution in [0.2, 0.25) is 0 Å². The van der Waals surface area contributed by atoms with Crippen molar-refractivity contribution in [2.45, 2.75) is 12.3 Å². The smallest absolute Gasteiger partial charge is 0.230 e. The lowest BCUT2D eigenvalue weighted by molar-refractivity contribution is 0.0711. The normalized spacial score (nSPS) is 21.7. The molecule has 1 atom stereocenters. The van der Waals surface area contributed by atoms with Crippen LogP contribution in [0, 0.1) is 0 Å². The van der Waals surface area contributed by atoms with Crippen LogP contribution in [-0.4, -0.2) is 16.8 Å². The van der Waals surface area contributed by atoms with Gasteiger partial charge in [0.25, 0.3) is 0 Å². The number of hydrogen-bond acceptors (Lipinski definition) is 2. The average molecular weight is 254 g/mol. The van der Waals surface area contributed by atoms with Crippen molar-refractivity contribution < 1.29 is 9.47 Å². The number of hydrogen-bond donors (Lipinski definition) is 2. The second-order valence-corrected chi connectivity index (χ2v) is 4.72. The predicted octanol–water partition coefficient (Wildman–Crippen LogP) is 3.13. The molecule has 4 nitrogen and oxygen atoms in total. The number of rotatable bonds is 2. The van der Waals surface area contributed by atoms with Gasteiger partial charge in [-0.05, 0) is 30.7 Å². The Balaban J connectivity index is 1.76. The molecule has 0 bridgehead atoms. The summed E-state index contributed by atoms with van der Waals surface area (Å²) >= 11 is 0. The Morgan fingerprint density at radius 1 is 1.05 bits per heavy atom. The molecule has 96 valence electrons. The van der Waals surface area contributed by atoms with E-state index in [0.29, 0.717) is 6.79 Å². The zero-order valence-electron chi connectivity index (χ0n) is 10.3. The second kappa shape index (κ2) is 4.09. The Kier molecular flexibility index (Phi) is 2.27. The molecule has 1 unspecified atom stereocenters. The molecule has 4 rings (SSSR count). The molecule has 0 saturated heterocycles. The molecule has 0 spiro atoms. The maximum atomic E-state index is 5.70. The fraction of sp³-hybridized carbons (Fsp3) is 0.200. The van der Waals surface area contributed by atoms with E-state index in [-0.39, 0.29) is 5.92 Å². The Bertz CT molecular complexity index is 636. The maximum Gasteiger partial charge on any atom is 0.230 e. The van der Waals surface area contributed by atoms with E-state index >= 15 is 0 Å². The summed E-state index contributed by atoms with van der Waals surface area (Å²) < 4.78 is 11.4. The van der Waals surface area contributed by atoms with E-state index in [4.69, 9.17) is 9.47 Å². The van der Waals surface area contributed by atoms with Gasteiger partial charge in [-0.25, -0.2) is 0 Å². The third kappa shape index (κ3) is 1.60. The highest BCUT2D eigenvalue weighted by atomic mass is 16.7. The third-order valence-corrected chi connectivity index (χ3v) is 3.65. The lowest BCUT2D eigenvalue weighted by Gasteiger charge is -2.20. The predicted molar refractivity (Wildman–Crippen MR) is 71.0 cm³/mol. The van der Waals surface area contributed by atoms with Crippen LogP contribution in [-0.2, 0) is 9.47 Å². The van der Waals surface area contributed by atoms with Crippen LogP contribution in [0.5, 0.6) is 0 Å². The van der Waals surface area contributed by atoms with E-state index in [1.807, 2.05) is 30.6 Å². The molecular weight excluding hydrogens is 240 g/mol. The molecule has 2 aromatic heterocycles. The van der Waals surface area contributed by atoms with Crippen LogP contribution in [0.3, 0.4) is 0 Å². The summed E-state index contributed by atoms with van der Waals surface area (Å²) in [6.45, 7) is 0.305. The first-order valence-corrected chi connectivity index (χ1v) is 6.41. The molecule has 3 heterocycles. The Hall–Kier alpha value is -2.36. The van der Waals surface area contributed by atoms with Crippen molar-refractivity contribution in [2.75, 3.05) is 6.79 Å². The van der Waals surface area contributed by atoms with Crippen molar-refractivity contribution >= 4 is 5.57 Å². The molecule has 0 saturated carbocycles. The molecule has 1 aliphatic carbocycles. The van der Waals surface area contributed by atoms with Gasteiger partial charge in [-0.2, -0.15) is 0 Å². The topological polar surface area (TPSA) is 50.0 Å². The van der Waals surface area contributed by atoms with Crippen LogP contribution >= 0.6 is 0 Å². The van der Waals surface area contributed by atoms with Crippen molar-refractivity contribution in [1.82, 2.24) is 9.97 Å². The van der Waals surface area contributed by atoms with Crippen molar-refractivity contribution in [3.05, 3.63) is 65.6 Å². The number of aromatic amines is 2. The van der Waals surface area contributed by atoms with Crippen LogP contribution < -0.4 is 0 Å². The number of H-pyrrole nitrogens is 2. The third-order valence-electron chi connectivity index (χ3n) is 3.65. The molecule has 2 aromatic rings. The minimum Gasteiger partial charge on any atom is -0.457 e. The molecule has 1 aliphatic heterocycles. The number of ether oxygens (including phenoxy) is 2. The van der Waals surface area contributed by atoms with E-state index in [1.54, 1.807) is 0 Å². The standard InChI is InChI=1S/C15H14N2O2/c1-3-12(16-7-1)10-5-6-11(13-4-2-8-17-13)15-14(10)18-9-19-15/h1-5,7-8,11,16-17H,6,9H2. The van der Waals surface area contributed by atoms with E-state index < -0.39 is 0 Å². The Morgan fingerprint density at radius 2 is 1.95 bits per heavy atom. The molecule has 0 fully saturated rings. The molecule has 2 N–H and O–H groups in total. The highest BCUT2D eigenvalue weighted by molar-refractivity contribution is 5.77. The van der Waals surface area contributed by atoms with Gasteiger partial charge in [-0.15, -0.1) is 0 Å². The zero-order chi connectivity index (χ0) is 12.7. The summed E-state index contributed by atoms with van der Waals surface area (Å²) in [5.74, 6) is 2.04. The summed E-state index contributed by atoms with van der Waals surface area (Å²) in [5, 5.41) is 0. The summed E-state index contributed by atoms with van der Waals surface area (Å²) in [6, 6.07) is 8.14. The molecule has 19 heavy (non-hydrogen) atoms. The Morgan fingerprint density at radius 3 is 2.74 bits per heavy atom. The first kappa shape index (κ1) is 10.6. The van der Waals surface area contributed by atoms with Gasteiger partial charge in [0.15, 0.2) is 11.5 Å². The van der Waals surface area contributed by atoms with Gasteiger partial charge < -0.3 is 19.4 Å². The van der Waals surface area contributed by atoms with Crippen molar-refractivity contribution in [3.8, 4) is 0 Å². The van der Waals surface area contributed by atoms with Crippen LogP contribution in [0.25, 0.3) is 5.57 Å². The van der Waals surface area contributed by atoms with Gasteiger partial charge in [0.2, 0.25) is 6.79 Å². The summed E-state index contributed by atoms with van der Waals surface area (Å²) in [7, 11) is 0. The van der Waals surface area contributed by atoms with Crippen molar-refractivity contribution in [2.24, 2.45) is 0 Å². The van der Waals surface area contributed by atoms with E-state index in [1.165, 1.54) is 5.69 Å². The first-order valence-electron chi connectivity index (χ1n) is 6.41. The van der Waals surface area contributed by atoms with Crippen LogP contribution in [0.4, 0.5) is 0 Å². The zero-order valence-corrected chi connectivity index (χ0v) is 10.3. The maximum absolute atomic E-state index is 5.70. The SMILES string of the molecule is C1=C(c2ccc[nH]2)C2=C(OCO2)C(c2ccc[nH]2)C1. The minimum absolute atomic E-state index is 0.228. The molecular formula is C15H14N2O2.